The third-order valence-electron chi connectivity index (χ3n) is 10.0. The summed E-state index contributed by atoms with van der Waals surface area (Å²) in [6.07, 6.45) is 21.2. The zero-order chi connectivity index (χ0) is 41.8. The minimum Gasteiger partial charge on any atom is -0.399 e. The summed E-state index contributed by atoms with van der Waals surface area (Å²) < 4.78 is 0. The number of hydrogen-bond donors (Lipinski definition) is 6. The van der Waals surface area contributed by atoms with Gasteiger partial charge in [-0.25, -0.2) is 0 Å². The molecular formula is C48H69N7O2. The van der Waals surface area contributed by atoms with Crippen LogP contribution in [0.3, 0.4) is 0 Å². The molecule has 9 heteroatoms. The summed E-state index contributed by atoms with van der Waals surface area (Å²) in [5.74, 6) is -0.0533. The second-order valence-corrected chi connectivity index (χ2v) is 14.1. The number of carbonyl (C=O) groups excluding carboxylic acids is 2. The summed E-state index contributed by atoms with van der Waals surface area (Å²) in [6.45, 7) is 26.8. The van der Waals surface area contributed by atoms with Crippen LogP contribution in [0.15, 0.2) is 116 Å². The number of carbonyl (C=O) groups is 2. The molecule has 0 aliphatic heterocycles. The number of aromatic nitrogens is 1. The Balaban J connectivity index is 0.00000271. The van der Waals surface area contributed by atoms with Crippen molar-refractivity contribution in [1.82, 2.24) is 21.2 Å². The number of benzene rings is 2. The molecule has 1 heterocycles. The lowest BCUT2D eigenvalue weighted by Crippen LogP contribution is -2.38. The minimum atomic E-state index is -0.0533. The standard InChI is InChI=1S/C45H63N7O.C2H4.CH2O/c1-6-8-16-22-33(3)51-52-45(53)39-26-21-23-37(34(39)4)31-47-27-19-13-11-9-10-12-14-20-28-48-42-30-40-43(29-36(42)7-2)49-32-41(35(5)46)44(40)50-38-24-17-15-18-25-38;2*1-2/h6,15,17-18,23-25,29-30,32,47-48,51H,1,3,5,7-14,16,19-22,26-28,31,46H2,2,4H3,(H,49,50)(H,52,53);1-2H2;1H2. The maximum atomic E-state index is 12.8. The van der Waals surface area contributed by atoms with E-state index in [2.05, 4.69) is 91.8 Å². The van der Waals surface area contributed by atoms with Gasteiger partial charge in [-0.2, -0.15) is 0 Å². The summed E-state index contributed by atoms with van der Waals surface area (Å²) in [4.78, 5) is 25.6. The molecule has 0 saturated carbocycles. The monoisotopic (exact) mass is 776 g/mol. The van der Waals surface area contributed by atoms with Crippen LogP contribution in [0.2, 0.25) is 0 Å². The number of nitrogens with two attached hydrogens (primary N) is 1. The fraction of sp³-hybridized carbons (Fsp3) is 0.396. The second kappa shape index (κ2) is 28.1. The highest BCUT2D eigenvalue weighted by Gasteiger charge is 2.18. The lowest BCUT2D eigenvalue weighted by atomic mass is 9.91. The van der Waals surface area contributed by atoms with Gasteiger partial charge in [-0.3, -0.25) is 15.2 Å². The molecule has 0 radical (unpaired) electrons. The zero-order valence-corrected chi connectivity index (χ0v) is 34.9. The van der Waals surface area contributed by atoms with Gasteiger partial charge in [0.25, 0.3) is 5.91 Å². The summed E-state index contributed by atoms with van der Waals surface area (Å²) in [5, 5.41) is 11.9. The maximum absolute atomic E-state index is 12.8. The van der Waals surface area contributed by atoms with Gasteiger partial charge >= 0.3 is 0 Å². The average Bonchev–Trinajstić information content (AvgIpc) is 3.23. The number of amides is 1. The van der Waals surface area contributed by atoms with Gasteiger partial charge in [0.2, 0.25) is 0 Å². The lowest BCUT2D eigenvalue weighted by Gasteiger charge is -2.20. The molecular weight excluding hydrogens is 707 g/mol. The number of nitrogens with one attached hydrogen (secondary N) is 5. The van der Waals surface area contributed by atoms with Gasteiger partial charge in [0, 0.05) is 58.6 Å². The van der Waals surface area contributed by atoms with Crippen molar-refractivity contribution in [2.24, 2.45) is 5.73 Å². The minimum absolute atomic E-state index is 0.0533. The third kappa shape index (κ3) is 16.3. The SMILES string of the molecule is C=C.C=CCCCC(=C)NNC(=O)C1=C(C)C(CNCCCCCCCCCCNc2cc3c(Nc4ccccc4)c(C(=C)N)cnc3cc2CC)=CCC1.C=O. The Morgan fingerprint density at radius 3 is 2.23 bits per heavy atom. The number of rotatable bonds is 25. The molecule has 0 fully saturated rings. The first-order valence-electron chi connectivity index (χ1n) is 20.5. The molecule has 0 bridgehead atoms. The Hall–Kier alpha value is -5.41. The Kier molecular flexibility index (Phi) is 23.5. The van der Waals surface area contributed by atoms with Gasteiger partial charge in [0.15, 0.2) is 0 Å². The van der Waals surface area contributed by atoms with E-state index in [1.807, 2.05) is 49.4 Å². The van der Waals surface area contributed by atoms with Crippen LogP contribution in [0.4, 0.5) is 17.1 Å². The molecule has 1 aliphatic rings. The average molecular weight is 776 g/mol. The molecule has 0 saturated heterocycles. The molecule has 308 valence electrons. The molecule has 2 aromatic carbocycles. The highest BCUT2D eigenvalue weighted by molar-refractivity contribution is 6.00. The van der Waals surface area contributed by atoms with E-state index in [1.165, 1.54) is 56.1 Å². The normalized spacial score (nSPS) is 11.9. The van der Waals surface area contributed by atoms with Gasteiger partial charge in [0.05, 0.1) is 11.2 Å². The number of fused-ring (bicyclic) bond motifs is 1. The Bertz CT molecular complexity index is 1780. The van der Waals surface area contributed by atoms with Gasteiger partial charge in [-0.1, -0.05) is 89.0 Å². The van der Waals surface area contributed by atoms with Crippen molar-refractivity contribution >= 4 is 46.4 Å². The summed E-state index contributed by atoms with van der Waals surface area (Å²) in [6, 6.07) is 14.6. The van der Waals surface area contributed by atoms with Crippen molar-refractivity contribution in [3.63, 3.8) is 0 Å². The molecule has 9 nitrogen and oxygen atoms in total. The number of hydrogen-bond acceptors (Lipinski definition) is 8. The molecule has 0 atom stereocenters. The van der Waals surface area contributed by atoms with E-state index in [-0.39, 0.29) is 5.91 Å². The Morgan fingerprint density at radius 2 is 1.58 bits per heavy atom. The highest BCUT2D eigenvalue weighted by Crippen LogP contribution is 2.35. The van der Waals surface area contributed by atoms with Gasteiger partial charge in [0.1, 0.15) is 6.79 Å². The predicted molar refractivity (Wildman–Crippen MR) is 245 cm³/mol. The van der Waals surface area contributed by atoms with Crippen molar-refractivity contribution in [2.45, 2.75) is 104 Å². The number of anilines is 3. The van der Waals surface area contributed by atoms with E-state index in [1.54, 1.807) is 0 Å². The van der Waals surface area contributed by atoms with Crippen LogP contribution in [0.5, 0.6) is 0 Å². The van der Waals surface area contributed by atoms with Crippen LogP contribution in [-0.2, 0) is 16.0 Å². The summed E-state index contributed by atoms with van der Waals surface area (Å²) >= 11 is 0. The number of nitrogens with zero attached hydrogens (tertiary/aromatic N) is 1. The van der Waals surface area contributed by atoms with Crippen LogP contribution < -0.4 is 32.5 Å². The lowest BCUT2D eigenvalue weighted by molar-refractivity contribution is -0.118. The first-order chi connectivity index (χ1) is 27.8. The number of unbranched alkanes of at least 4 members (excludes halogenated alkanes) is 8. The first-order valence-corrected chi connectivity index (χ1v) is 20.5. The van der Waals surface area contributed by atoms with Crippen molar-refractivity contribution < 1.29 is 9.59 Å². The molecule has 7 N–H and O–H groups in total. The van der Waals surface area contributed by atoms with E-state index in [9.17, 15) is 4.79 Å². The van der Waals surface area contributed by atoms with Gasteiger partial charge < -0.3 is 31.9 Å². The van der Waals surface area contributed by atoms with E-state index in [0.29, 0.717) is 5.70 Å². The maximum Gasteiger partial charge on any atom is 0.265 e. The molecule has 0 unspecified atom stereocenters. The predicted octanol–water partition coefficient (Wildman–Crippen LogP) is 10.7. The number of aryl methyl sites for hydroxylation is 1. The molecule has 1 aromatic heterocycles. The van der Waals surface area contributed by atoms with Crippen LogP contribution in [0, 0.1) is 0 Å². The quantitative estimate of drug-likeness (QED) is 0.0285. The molecule has 4 rings (SSSR count). The van der Waals surface area contributed by atoms with Crippen molar-refractivity contribution in [1.29, 1.82) is 0 Å². The van der Waals surface area contributed by atoms with Crippen LogP contribution in [-0.4, -0.2) is 37.3 Å². The Morgan fingerprint density at radius 1 is 0.912 bits per heavy atom. The topological polar surface area (TPSA) is 133 Å². The molecule has 3 aromatic rings. The fourth-order valence-corrected chi connectivity index (χ4v) is 6.82. The van der Waals surface area contributed by atoms with Gasteiger partial charge in [-0.05, 0) is 106 Å². The van der Waals surface area contributed by atoms with E-state index >= 15 is 0 Å². The van der Waals surface area contributed by atoms with Crippen LogP contribution in [0.25, 0.3) is 16.6 Å². The number of hydrazine groups is 1. The smallest absolute Gasteiger partial charge is 0.265 e. The van der Waals surface area contributed by atoms with Gasteiger partial charge in [-0.15, -0.1) is 19.7 Å². The number of para-hydroxylation sites is 1. The van der Waals surface area contributed by atoms with Crippen molar-refractivity contribution in [3.8, 4) is 0 Å². The second-order valence-electron chi connectivity index (χ2n) is 14.1. The molecule has 1 aliphatic carbocycles. The van der Waals surface area contributed by atoms with E-state index < -0.39 is 0 Å². The van der Waals surface area contributed by atoms with Crippen molar-refractivity contribution in [2.75, 3.05) is 30.3 Å². The third-order valence-corrected chi connectivity index (χ3v) is 10.0. The Labute approximate surface area is 343 Å². The number of pyridine rings is 1. The van der Waals surface area contributed by atoms with Crippen molar-refractivity contribution in [3.05, 3.63) is 127 Å². The van der Waals surface area contributed by atoms with Crippen LogP contribution in [0.1, 0.15) is 108 Å². The fourth-order valence-electron chi connectivity index (χ4n) is 6.82. The molecule has 1 amide bonds. The summed E-state index contributed by atoms with van der Waals surface area (Å²) in [7, 11) is 0. The highest BCUT2D eigenvalue weighted by atomic mass is 16.2. The first kappa shape index (κ1) is 47.7. The van der Waals surface area contributed by atoms with Crippen LogP contribution >= 0.6 is 0 Å². The summed E-state index contributed by atoms with van der Waals surface area (Å²) in [5.41, 5.74) is 22.7. The number of allylic oxidation sites excluding steroid dienone is 3. The molecule has 57 heavy (non-hydrogen) atoms. The largest absolute Gasteiger partial charge is 0.399 e. The van der Waals surface area contributed by atoms with E-state index in [4.69, 9.17) is 15.5 Å². The molecule has 0 spiro atoms. The zero-order valence-electron chi connectivity index (χ0n) is 34.9. The van der Waals surface area contributed by atoms with E-state index in [0.717, 1.165) is 115 Å².